The lowest BCUT2D eigenvalue weighted by Gasteiger charge is -2.24. The number of hydrogen-bond donors (Lipinski definition) is 1. The Morgan fingerprint density at radius 1 is 1.12 bits per heavy atom. The number of hydrogen-bond acceptors (Lipinski definition) is 5. The number of phenols is 1. The number of halogens is 1. The van der Waals surface area contributed by atoms with Crippen LogP contribution >= 0.6 is 11.6 Å². The normalized spacial score (nSPS) is 22.8. The summed E-state index contributed by atoms with van der Waals surface area (Å²) in [6.45, 7) is 0. The molecule has 25 heavy (non-hydrogen) atoms. The molecule has 0 aliphatic heterocycles. The Morgan fingerprint density at radius 3 is 2.40 bits per heavy atom. The molecule has 0 radical (unpaired) electrons. The SMILES string of the molecule is O=[N+]([O-])C1(c2ccc(O)cc2)C=CC(/N=N/c2ccccc2)C(Cl)=C1. The van der Waals surface area contributed by atoms with Crippen LogP contribution in [0.15, 0.2) is 88.1 Å². The topological polar surface area (TPSA) is 88.1 Å². The molecule has 0 aromatic heterocycles. The highest BCUT2D eigenvalue weighted by Gasteiger charge is 2.43. The standard InChI is InChI=1S/C18H14ClN3O3/c19-16-12-18(22(24)25,13-6-8-15(23)9-7-13)11-10-17(16)21-20-14-4-2-1-3-5-14/h1-12,17,23H/b21-20+. The molecule has 0 heterocycles. The largest absolute Gasteiger partial charge is 0.508 e. The van der Waals surface area contributed by atoms with Crippen molar-refractivity contribution in [3.05, 3.63) is 93.5 Å². The van der Waals surface area contributed by atoms with Crippen LogP contribution in [-0.2, 0) is 5.54 Å². The van der Waals surface area contributed by atoms with Crippen LogP contribution in [0.25, 0.3) is 0 Å². The average molecular weight is 356 g/mol. The van der Waals surface area contributed by atoms with Gasteiger partial charge in [0.1, 0.15) is 11.8 Å². The Hall–Kier alpha value is -2.99. The molecule has 3 rings (SSSR count). The van der Waals surface area contributed by atoms with Gasteiger partial charge >= 0.3 is 0 Å². The molecular formula is C18H14ClN3O3. The molecule has 0 fully saturated rings. The number of benzene rings is 2. The molecule has 2 atom stereocenters. The minimum absolute atomic E-state index is 0.0339. The van der Waals surface area contributed by atoms with Crippen LogP contribution in [0.3, 0.4) is 0 Å². The van der Waals surface area contributed by atoms with Gasteiger partial charge in [0.15, 0.2) is 0 Å². The molecule has 1 aliphatic rings. The van der Waals surface area contributed by atoms with Gasteiger partial charge in [0.25, 0.3) is 5.54 Å². The number of phenolic OH excluding ortho intramolecular Hbond substituents is 1. The van der Waals surface area contributed by atoms with Crippen molar-refractivity contribution in [3.63, 3.8) is 0 Å². The van der Waals surface area contributed by atoms with Gasteiger partial charge in [-0.25, -0.2) is 0 Å². The summed E-state index contributed by atoms with van der Waals surface area (Å²) >= 11 is 6.26. The van der Waals surface area contributed by atoms with Crippen LogP contribution in [0.4, 0.5) is 5.69 Å². The number of nitrogens with zero attached hydrogens (tertiary/aromatic N) is 3. The van der Waals surface area contributed by atoms with E-state index < -0.39 is 16.5 Å². The Morgan fingerprint density at radius 2 is 1.80 bits per heavy atom. The van der Waals surface area contributed by atoms with Crippen molar-refractivity contribution in [2.75, 3.05) is 0 Å². The molecule has 6 nitrogen and oxygen atoms in total. The maximum absolute atomic E-state index is 11.7. The van der Waals surface area contributed by atoms with Crippen molar-refractivity contribution in [1.29, 1.82) is 0 Å². The molecule has 1 N–H and O–H groups in total. The van der Waals surface area contributed by atoms with Crippen molar-refractivity contribution in [1.82, 2.24) is 0 Å². The second kappa shape index (κ2) is 6.86. The molecule has 2 aromatic carbocycles. The second-order valence-electron chi connectivity index (χ2n) is 5.51. The van der Waals surface area contributed by atoms with Crippen LogP contribution < -0.4 is 0 Å². The summed E-state index contributed by atoms with van der Waals surface area (Å²) in [4.78, 5) is 11.3. The van der Waals surface area contributed by atoms with Crippen molar-refractivity contribution in [3.8, 4) is 5.75 Å². The highest BCUT2D eigenvalue weighted by Crippen LogP contribution is 2.36. The van der Waals surface area contributed by atoms with E-state index in [-0.39, 0.29) is 10.8 Å². The van der Waals surface area contributed by atoms with Crippen LogP contribution in [0.5, 0.6) is 5.75 Å². The van der Waals surface area contributed by atoms with Crippen LogP contribution in [0, 0.1) is 10.1 Å². The molecule has 0 amide bonds. The van der Waals surface area contributed by atoms with Crippen molar-refractivity contribution >= 4 is 17.3 Å². The van der Waals surface area contributed by atoms with Crippen molar-refractivity contribution in [2.45, 2.75) is 11.6 Å². The van der Waals surface area contributed by atoms with E-state index in [1.807, 2.05) is 18.2 Å². The predicted molar refractivity (Wildman–Crippen MR) is 94.6 cm³/mol. The zero-order valence-electron chi connectivity index (χ0n) is 13.0. The molecule has 126 valence electrons. The molecular weight excluding hydrogens is 342 g/mol. The summed E-state index contributed by atoms with van der Waals surface area (Å²) in [5, 5.41) is 29.6. The minimum Gasteiger partial charge on any atom is -0.508 e. The van der Waals surface area contributed by atoms with E-state index in [1.54, 1.807) is 18.2 Å². The molecule has 2 unspecified atom stereocenters. The van der Waals surface area contributed by atoms with Gasteiger partial charge in [-0.05, 0) is 48.6 Å². The summed E-state index contributed by atoms with van der Waals surface area (Å²) < 4.78 is 0. The first kappa shape index (κ1) is 16.9. The molecule has 0 bridgehead atoms. The number of nitro groups is 1. The zero-order valence-corrected chi connectivity index (χ0v) is 13.7. The summed E-state index contributed by atoms with van der Waals surface area (Å²) in [7, 11) is 0. The Balaban J connectivity index is 1.91. The third kappa shape index (κ3) is 3.44. The van der Waals surface area contributed by atoms with Crippen molar-refractivity contribution in [2.24, 2.45) is 10.2 Å². The van der Waals surface area contributed by atoms with E-state index in [2.05, 4.69) is 10.2 Å². The van der Waals surface area contributed by atoms with Crippen LogP contribution in [0.2, 0.25) is 0 Å². The fourth-order valence-corrected chi connectivity index (χ4v) is 2.80. The molecule has 0 saturated heterocycles. The first-order chi connectivity index (χ1) is 12.0. The van der Waals surface area contributed by atoms with Gasteiger partial charge in [-0.3, -0.25) is 10.1 Å². The molecule has 2 aromatic rings. The van der Waals surface area contributed by atoms with Gasteiger partial charge < -0.3 is 5.11 Å². The number of aromatic hydroxyl groups is 1. The lowest BCUT2D eigenvalue weighted by molar-refractivity contribution is -0.549. The van der Waals surface area contributed by atoms with Crippen LogP contribution in [0.1, 0.15) is 5.56 Å². The van der Waals surface area contributed by atoms with Crippen LogP contribution in [-0.4, -0.2) is 16.1 Å². The lowest BCUT2D eigenvalue weighted by Crippen LogP contribution is -2.34. The molecule has 1 aliphatic carbocycles. The van der Waals surface area contributed by atoms with E-state index in [1.165, 1.54) is 36.4 Å². The van der Waals surface area contributed by atoms with Gasteiger partial charge in [-0.1, -0.05) is 29.8 Å². The monoisotopic (exact) mass is 355 g/mol. The van der Waals surface area contributed by atoms with E-state index in [9.17, 15) is 15.2 Å². The van der Waals surface area contributed by atoms with E-state index >= 15 is 0 Å². The quantitative estimate of drug-likeness (QED) is 0.373. The van der Waals surface area contributed by atoms with E-state index in [0.29, 0.717) is 11.3 Å². The Kier molecular flexibility index (Phi) is 4.63. The molecule has 7 heteroatoms. The second-order valence-corrected chi connectivity index (χ2v) is 5.95. The molecule has 0 spiro atoms. The van der Waals surface area contributed by atoms with Gasteiger partial charge in [0, 0.05) is 16.6 Å². The van der Waals surface area contributed by atoms with Gasteiger partial charge in [-0.2, -0.15) is 10.2 Å². The Bertz CT molecular complexity index is 863. The highest BCUT2D eigenvalue weighted by molar-refractivity contribution is 6.30. The summed E-state index contributed by atoms with van der Waals surface area (Å²) in [5.74, 6) is 0.0339. The van der Waals surface area contributed by atoms with Gasteiger partial charge in [-0.15, -0.1) is 0 Å². The summed E-state index contributed by atoms with van der Waals surface area (Å²) in [5.41, 5.74) is -0.531. The predicted octanol–water partition coefficient (Wildman–Crippen LogP) is 4.71. The molecule has 0 saturated carbocycles. The zero-order chi connectivity index (χ0) is 17.9. The van der Waals surface area contributed by atoms with Crippen molar-refractivity contribution < 1.29 is 10.0 Å². The van der Waals surface area contributed by atoms with E-state index in [4.69, 9.17) is 11.6 Å². The third-order valence-electron chi connectivity index (χ3n) is 3.86. The maximum Gasteiger partial charge on any atom is 0.285 e. The number of rotatable bonds is 4. The maximum atomic E-state index is 11.7. The first-order valence-electron chi connectivity index (χ1n) is 7.49. The fraction of sp³-hybridized carbons (Fsp3) is 0.111. The van der Waals surface area contributed by atoms with E-state index in [0.717, 1.165) is 0 Å². The first-order valence-corrected chi connectivity index (χ1v) is 7.86. The number of azo groups is 1. The minimum atomic E-state index is -1.59. The summed E-state index contributed by atoms with van der Waals surface area (Å²) in [6.07, 6.45) is 4.36. The van der Waals surface area contributed by atoms with Gasteiger partial charge in [0.2, 0.25) is 0 Å². The smallest absolute Gasteiger partial charge is 0.285 e. The third-order valence-corrected chi connectivity index (χ3v) is 4.19. The Labute approximate surface area is 148 Å². The highest BCUT2D eigenvalue weighted by atomic mass is 35.5. The van der Waals surface area contributed by atoms with Gasteiger partial charge in [0.05, 0.1) is 10.7 Å². The summed E-state index contributed by atoms with van der Waals surface area (Å²) in [6, 6.07) is 14.4. The average Bonchev–Trinajstić information content (AvgIpc) is 2.62. The fourth-order valence-electron chi connectivity index (χ4n) is 2.52. The lowest BCUT2D eigenvalue weighted by atomic mass is 9.85.